The van der Waals surface area contributed by atoms with Gasteiger partial charge in [0, 0.05) is 30.2 Å². The highest BCUT2D eigenvalue weighted by Crippen LogP contribution is 2.33. The molecule has 4 rings (SSSR count). The van der Waals surface area contributed by atoms with Crippen LogP contribution in [0, 0.1) is 0 Å². The zero-order valence-electron chi connectivity index (χ0n) is 17.0. The van der Waals surface area contributed by atoms with Crippen molar-refractivity contribution in [1.29, 1.82) is 0 Å². The Morgan fingerprint density at radius 2 is 1.89 bits per heavy atom. The van der Waals surface area contributed by atoms with E-state index in [0.717, 1.165) is 48.5 Å². The first kappa shape index (κ1) is 19.2. The number of nitrogens with one attached hydrogen (secondary N) is 2. The van der Waals surface area contributed by atoms with E-state index in [1.54, 1.807) is 11.3 Å². The summed E-state index contributed by atoms with van der Waals surface area (Å²) in [6.07, 6.45) is 4.53. The molecule has 148 valence electrons. The summed E-state index contributed by atoms with van der Waals surface area (Å²) >= 11 is 1.73. The number of nitrogens with zero attached hydrogens (tertiary/aromatic N) is 2. The largest absolute Gasteiger partial charge is 0.378 e. The average molecular weight is 398 g/mol. The third-order valence-electron chi connectivity index (χ3n) is 5.70. The zero-order valence-corrected chi connectivity index (χ0v) is 17.8. The maximum absolute atomic E-state index is 12.8. The Hall–Kier alpha value is -2.18. The predicted octanol–water partition coefficient (Wildman–Crippen LogP) is 2.53. The van der Waals surface area contributed by atoms with Crippen molar-refractivity contribution in [2.45, 2.75) is 45.7 Å². The number of benzene rings is 1. The molecule has 0 radical (unpaired) electrons. The van der Waals surface area contributed by atoms with Gasteiger partial charge in [-0.05, 0) is 50.3 Å². The number of quaternary nitrogens is 1. The Morgan fingerprint density at radius 1 is 1.14 bits per heavy atom. The molecule has 0 amide bonds. The Balaban J connectivity index is 1.54. The van der Waals surface area contributed by atoms with Crippen molar-refractivity contribution in [2.75, 3.05) is 25.5 Å². The van der Waals surface area contributed by atoms with Crippen LogP contribution in [0.3, 0.4) is 0 Å². The van der Waals surface area contributed by atoms with E-state index in [0.29, 0.717) is 0 Å². The highest BCUT2D eigenvalue weighted by Gasteiger charge is 2.20. The lowest BCUT2D eigenvalue weighted by Crippen LogP contribution is -3.09. The molecule has 28 heavy (non-hydrogen) atoms. The number of thiophene rings is 1. The standard InChI is InChI=1S/C22H28N4OS/c1-4-26(13-15-9-11-16(12-10-15)25(2)3)14-19-23-21(27)20-17-7-5-6-8-18(17)28-22(20)24-19/h9-12H,4-8,13-14H2,1-3H3,(H,23,24,27)/p+1. The van der Waals surface area contributed by atoms with Crippen molar-refractivity contribution >= 4 is 27.2 Å². The minimum absolute atomic E-state index is 0.0465. The molecule has 0 aliphatic heterocycles. The van der Waals surface area contributed by atoms with Crippen LogP contribution in [0.4, 0.5) is 5.69 Å². The Morgan fingerprint density at radius 3 is 2.61 bits per heavy atom. The van der Waals surface area contributed by atoms with Gasteiger partial charge in [-0.1, -0.05) is 12.1 Å². The van der Waals surface area contributed by atoms with Gasteiger partial charge in [0.1, 0.15) is 17.9 Å². The number of aryl methyl sites for hydroxylation is 2. The van der Waals surface area contributed by atoms with Gasteiger partial charge in [-0.15, -0.1) is 11.3 Å². The molecule has 0 saturated carbocycles. The SMILES string of the molecule is CC[NH+](Cc1ccc(N(C)C)cc1)Cc1nc2sc3c(c2c(=O)[nH]1)CCCC3. The molecule has 2 heterocycles. The number of H-pyrrole nitrogens is 1. The first-order valence-electron chi connectivity index (χ1n) is 10.2. The van der Waals surface area contributed by atoms with Gasteiger partial charge in [0.05, 0.1) is 11.9 Å². The van der Waals surface area contributed by atoms with Gasteiger partial charge in [0.2, 0.25) is 0 Å². The first-order chi connectivity index (χ1) is 13.5. The van der Waals surface area contributed by atoms with E-state index in [1.165, 1.54) is 39.4 Å². The fourth-order valence-corrected chi connectivity index (χ4v) is 5.32. The predicted molar refractivity (Wildman–Crippen MR) is 117 cm³/mol. The molecule has 3 aromatic rings. The number of rotatable bonds is 6. The van der Waals surface area contributed by atoms with Crippen LogP contribution < -0.4 is 15.4 Å². The summed E-state index contributed by atoms with van der Waals surface area (Å²) in [5.74, 6) is 0.804. The van der Waals surface area contributed by atoms with Gasteiger partial charge < -0.3 is 14.8 Å². The molecule has 0 spiro atoms. The summed E-state index contributed by atoms with van der Waals surface area (Å²) in [5.41, 5.74) is 3.81. The lowest BCUT2D eigenvalue weighted by Gasteiger charge is -2.18. The van der Waals surface area contributed by atoms with Crippen LogP contribution in [0.5, 0.6) is 0 Å². The number of aromatic nitrogens is 2. The Bertz CT molecular complexity index is 1020. The second kappa shape index (κ2) is 8.05. The van der Waals surface area contributed by atoms with Crippen LogP contribution in [0.15, 0.2) is 29.1 Å². The van der Waals surface area contributed by atoms with Crippen LogP contribution >= 0.6 is 11.3 Å². The van der Waals surface area contributed by atoms with Crippen LogP contribution in [0.2, 0.25) is 0 Å². The van der Waals surface area contributed by atoms with Crippen LogP contribution in [-0.2, 0) is 25.9 Å². The minimum atomic E-state index is 0.0465. The quantitative estimate of drug-likeness (QED) is 0.672. The monoisotopic (exact) mass is 397 g/mol. The Labute approximate surface area is 170 Å². The average Bonchev–Trinajstić information content (AvgIpc) is 3.06. The summed E-state index contributed by atoms with van der Waals surface area (Å²) in [5, 5.41) is 0.848. The summed E-state index contributed by atoms with van der Waals surface area (Å²) in [6.45, 7) is 4.83. The maximum Gasteiger partial charge on any atom is 0.260 e. The summed E-state index contributed by atoms with van der Waals surface area (Å²) in [6, 6.07) is 8.70. The maximum atomic E-state index is 12.8. The molecule has 6 heteroatoms. The summed E-state index contributed by atoms with van der Waals surface area (Å²) in [7, 11) is 4.11. The fourth-order valence-electron chi connectivity index (χ4n) is 4.04. The van der Waals surface area contributed by atoms with Crippen molar-refractivity contribution in [3.8, 4) is 0 Å². The molecule has 1 aliphatic carbocycles. The molecule has 2 aromatic heterocycles. The topological polar surface area (TPSA) is 53.4 Å². The number of fused-ring (bicyclic) bond motifs is 3. The molecule has 0 bridgehead atoms. The van der Waals surface area contributed by atoms with E-state index in [-0.39, 0.29) is 5.56 Å². The molecule has 0 saturated heterocycles. The highest BCUT2D eigenvalue weighted by atomic mass is 32.1. The smallest absolute Gasteiger partial charge is 0.260 e. The van der Waals surface area contributed by atoms with E-state index >= 15 is 0 Å². The first-order valence-corrected chi connectivity index (χ1v) is 11.0. The third-order valence-corrected chi connectivity index (χ3v) is 6.88. The highest BCUT2D eigenvalue weighted by molar-refractivity contribution is 7.18. The lowest BCUT2D eigenvalue weighted by atomic mass is 9.97. The molecule has 1 atom stereocenters. The number of aromatic amines is 1. The van der Waals surface area contributed by atoms with Gasteiger partial charge in [-0.3, -0.25) is 4.79 Å². The van der Waals surface area contributed by atoms with Crippen LogP contribution in [-0.4, -0.2) is 30.6 Å². The van der Waals surface area contributed by atoms with Crippen molar-refractivity contribution in [3.63, 3.8) is 0 Å². The van der Waals surface area contributed by atoms with E-state index in [1.807, 2.05) is 0 Å². The van der Waals surface area contributed by atoms with E-state index in [9.17, 15) is 4.79 Å². The molecule has 2 N–H and O–H groups in total. The van der Waals surface area contributed by atoms with Gasteiger partial charge in [0.15, 0.2) is 5.82 Å². The number of hydrogen-bond donors (Lipinski definition) is 2. The van der Waals surface area contributed by atoms with Crippen molar-refractivity contribution in [1.82, 2.24) is 9.97 Å². The third kappa shape index (κ3) is 3.84. The zero-order chi connectivity index (χ0) is 19.7. The van der Waals surface area contributed by atoms with E-state index < -0.39 is 0 Å². The second-order valence-corrected chi connectivity index (χ2v) is 9.01. The minimum Gasteiger partial charge on any atom is -0.378 e. The van der Waals surface area contributed by atoms with Crippen molar-refractivity contribution in [3.05, 3.63) is 56.4 Å². The van der Waals surface area contributed by atoms with Crippen LogP contribution in [0.25, 0.3) is 10.2 Å². The van der Waals surface area contributed by atoms with Gasteiger partial charge in [0.25, 0.3) is 5.56 Å². The van der Waals surface area contributed by atoms with Gasteiger partial charge in [-0.2, -0.15) is 0 Å². The molecule has 1 aliphatic rings. The van der Waals surface area contributed by atoms with E-state index in [2.05, 4.69) is 55.2 Å². The second-order valence-electron chi connectivity index (χ2n) is 7.92. The Kier molecular flexibility index (Phi) is 5.51. The summed E-state index contributed by atoms with van der Waals surface area (Å²) < 4.78 is 0. The molecular formula is C22H29N4OS+. The fraction of sp³-hybridized carbons (Fsp3) is 0.455. The molecule has 1 aromatic carbocycles. The lowest BCUT2D eigenvalue weighted by molar-refractivity contribution is -0.926. The molecule has 0 fully saturated rings. The number of anilines is 1. The molecule has 1 unspecified atom stereocenters. The summed E-state index contributed by atoms with van der Waals surface area (Å²) in [4.78, 5) is 26.5. The molecular weight excluding hydrogens is 368 g/mol. The van der Waals surface area contributed by atoms with Crippen molar-refractivity contribution < 1.29 is 4.90 Å². The number of hydrogen-bond acceptors (Lipinski definition) is 4. The van der Waals surface area contributed by atoms with Crippen LogP contribution in [0.1, 0.15) is 41.6 Å². The van der Waals surface area contributed by atoms with Crippen molar-refractivity contribution in [2.24, 2.45) is 0 Å². The normalized spacial score (nSPS) is 14.8. The van der Waals surface area contributed by atoms with Gasteiger partial charge >= 0.3 is 0 Å². The van der Waals surface area contributed by atoms with Gasteiger partial charge in [-0.25, -0.2) is 4.98 Å². The molecule has 5 nitrogen and oxygen atoms in total. The van der Waals surface area contributed by atoms with E-state index in [4.69, 9.17) is 4.98 Å².